The zero-order chi connectivity index (χ0) is 12.7. The Morgan fingerprint density at radius 1 is 1.24 bits per heavy atom. The molecule has 1 fully saturated rings. The smallest absolute Gasteiger partial charge is 0.222 e. The van der Waals surface area contributed by atoms with Gasteiger partial charge in [-0.05, 0) is 25.3 Å². The molecule has 100 valence electrons. The van der Waals surface area contributed by atoms with Crippen LogP contribution < -0.4 is 0 Å². The average molecular weight is 242 g/mol. The zero-order valence-electron chi connectivity index (χ0n) is 11.2. The van der Waals surface area contributed by atoms with Crippen molar-refractivity contribution in [3.63, 3.8) is 0 Å². The minimum Gasteiger partial charge on any atom is -0.395 e. The topological polar surface area (TPSA) is 43.8 Å². The van der Waals surface area contributed by atoms with Crippen molar-refractivity contribution in [2.75, 3.05) is 39.3 Å². The fourth-order valence-electron chi connectivity index (χ4n) is 2.16. The molecule has 0 bridgehead atoms. The van der Waals surface area contributed by atoms with E-state index in [1.54, 1.807) is 0 Å². The van der Waals surface area contributed by atoms with Gasteiger partial charge < -0.3 is 10.0 Å². The summed E-state index contributed by atoms with van der Waals surface area (Å²) in [6, 6.07) is 0. The zero-order valence-corrected chi connectivity index (χ0v) is 11.2. The van der Waals surface area contributed by atoms with Gasteiger partial charge in [-0.1, -0.05) is 13.8 Å². The van der Waals surface area contributed by atoms with Crippen molar-refractivity contribution in [2.24, 2.45) is 5.92 Å². The largest absolute Gasteiger partial charge is 0.395 e. The van der Waals surface area contributed by atoms with Crippen LogP contribution >= 0.6 is 0 Å². The molecule has 1 heterocycles. The first-order valence-corrected chi connectivity index (χ1v) is 6.74. The number of rotatable bonds is 5. The molecule has 0 atom stereocenters. The Morgan fingerprint density at radius 2 is 2.00 bits per heavy atom. The first kappa shape index (κ1) is 14.5. The molecule has 0 aliphatic carbocycles. The van der Waals surface area contributed by atoms with Gasteiger partial charge in [0.1, 0.15) is 0 Å². The molecule has 0 aromatic rings. The molecule has 4 heteroatoms. The maximum atomic E-state index is 12.0. The number of β-amino-alcohol motifs (C(OH)–C–C–N with tert-alkyl or cyclic N) is 1. The normalized spacial score (nSPS) is 18.5. The summed E-state index contributed by atoms with van der Waals surface area (Å²) in [6.45, 7) is 8.82. The second-order valence-corrected chi connectivity index (χ2v) is 5.23. The third-order valence-electron chi connectivity index (χ3n) is 3.29. The summed E-state index contributed by atoms with van der Waals surface area (Å²) >= 11 is 0. The molecule has 0 aromatic heterocycles. The minimum absolute atomic E-state index is 0.210. The molecule has 0 spiro atoms. The third-order valence-corrected chi connectivity index (χ3v) is 3.29. The van der Waals surface area contributed by atoms with Gasteiger partial charge in [0, 0.05) is 32.6 Å². The van der Waals surface area contributed by atoms with Crippen LogP contribution in [-0.4, -0.2) is 60.1 Å². The monoisotopic (exact) mass is 242 g/mol. The van der Waals surface area contributed by atoms with Crippen molar-refractivity contribution in [1.82, 2.24) is 9.80 Å². The molecular formula is C13H26N2O2. The Bertz CT molecular complexity index is 231. The molecule has 0 radical (unpaired) electrons. The van der Waals surface area contributed by atoms with Crippen molar-refractivity contribution in [3.05, 3.63) is 0 Å². The van der Waals surface area contributed by atoms with E-state index in [0.717, 1.165) is 45.6 Å². The molecule has 1 rings (SSSR count). The molecule has 4 nitrogen and oxygen atoms in total. The Morgan fingerprint density at radius 3 is 2.65 bits per heavy atom. The standard InChI is InChI=1S/C13H26N2O2/c1-12(2)4-5-13(17)15-7-3-6-14(8-9-15)10-11-16/h12,16H,3-11H2,1-2H3. The van der Waals surface area contributed by atoms with Gasteiger partial charge in [0.15, 0.2) is 0 Å². The van der Waals surface area contributed by atoms with Crippen molar-refractivity contribution in [1.29, 1.82) is 0 Å². The number of carbonyl (C=O) groups excluding carboxylic acids is 1. The van der Waals surface area contributed by atoms with Gasteiger partial charge in [0.05, 0.1) is 6.61 Å². The van der Waals surface area contributed by atoms with Gasteiger partial charge in [0.2, 0.25) is 5.91 Å². The minimum atomic E-state index is 0.210. The molecule has 1 aliphatic heterocycles. The number of carbonyl (C=O) groups is 1. The lowest BCUT2D eigenvalue weighted by Crippen LogP contribution is -2.35. The number of hydrogen-bond donors (Lipinski definition) is 1. The lowest BCUT2D eigenvalue weighted by atomic mass is 10.1. The van der Waals surface area contributed by atoms with E-state index < -0.39 is 0 Å². The van der Waals surface area contributed by atoms with E-state index in [2.05, 4.69) is 18.7 Å². The van der Waals surface area contributed by atoms with E-state index in [4.69, 9.17) is 5.11 Å². The molecule has 1 N–H and O–H groups in total. The number of aliphatic hydroxyl groups is 1. The second-order valence-electron chi connectivity index (χ2n) is 5.23. The Balaban J connectivity index is 2.32. The van der Waals surface area contributed by atoms with Gasteiger partial charge >= 0.3 is 0 Å². The van der Waals surface area contributed by atoms with Gasteiger partial charge in [-0.3, -0.25) is 9.69 Å². The van der Waals surface area contributed by atoms with Gasteiger partial charge in [-0.2, -0.15) is 0 Å². The van der Waals surface area contributed by atoms with Crippen LogP contribution in [0.4, 0.5) is 0 Å². The SMILES string of the molecule is CC(C)CCC(=O)N1CCCN(CCO)CC1. The lowest BCUT2D eigenvalue weighted by Gasteiger charge is -2.21. The van der Waals surface area contributed by atoms with Crippen molar-refractivity contribution in [2.45, 2.75) is 33.1 Å². The first-order valence-electron chi connectivity index (χ1n) is 6.74. The summed E-state index contributed by atoms with van der Waals surface area (Å²) in [5, 5.41) is 8.91. The van der Waals surface area contributed by atoms with Crippen LogP contribution in [0.5, 0.6) is 0 Å². The Labute approximate surface area is 105 Å². The average Bonchev–Trinajstić information content (AvgIpc) is 2.52. The highest BCUT2D eigenvalue weighted by Gasteiger charge is 2.18. The van der Waals surface area contributed by atoms with E-state index in [1.165, 1.54) is 0 Å². The summed E-state index contributed by atoms with van der Waals surface area (Å²) in [7, 11) is 0. The van der Waals surface area contributed by atoms with E-state index in [0.29, 0.717) is 18.2 Å². The highest BCUT2D eigenvalue weighted by molar-refractivity contribution is 5.76. The maximum Gasteiger partial charge on any atom is 0.222 e. The van der Waals surface area contributed by atoms with Gasteiger partial charge in [-0.15, -0.1) is 0 Å². The van der Waals surface area contributed by atoms with Gasteiger partial charge in [0.25, 0.3) is 0 Å². The highest BCUT2D eigenvalue weighted by Crippen LogP contribution is 2.09. The molecule has 0 aromatic carbocycles. The van der Waals surface area contributed by atoms with Crippen LogP contribution in [0.1, 0.15) is 33.1 Å². The molecular weight excluding hydrogens is 216 g/mol. The lowest BCUT2D eigenvalue weighted by molar-refractivity contribution is -0.131. The molecule has 1 saturated heterocycles. The Kier molecular flexibility index (Phi) is 6.52. The fraction of sp³-hybridized carbons (Fsp3) is 0.923. The maximum absolute atomic E-state index is 12.0. The second kappa shape index (κ2) is 7.67. The molecule has 17 heavy (non-hydrogen) atoms. The van der Waals surface area contributed by atoms with Crippen LogP contribution in [0.2, 0.25) is 0 Å². The molecule has 0 saturated carbocycles. The van der Waals surface area contributed by atoms with E-state index in [9.17, 15) is 4.79 Å². The fourth-order valence-corrected chi connectivity index (χ4v) is 2.16. The van der Waals surface area contributed by atoms with E-state index in [-0.39, 0.29) is 6.61 Å². The summed E-state index contributed by atoms with van der Waals surface area (Å²) in [6.07, 6.45) is 2.68. The number of amides is 1. The molecule has 1 amide bonds. The number of nitrogens with zero attached hydrogens (tertiary/aromatic N) is 2. The molecule has 0 unspecified atom stereocenters. The van der Waals surface area contributed by atoms with E-state index in [1.807, 2.05) is 4.90 Å². The number of hydrogen-bond acceptors (Lipinski definition) is 3. The van der Waals surface area contributed by atoms with Crippen LogP contribution in [0.3, 0.4) is 0 Å². The predicted molar refractivity (Wildman–Crippen MR) is 68.8 cm³/mol. The Hall–Kier alpha value is -0.610. The van der Waals surface area contributed by atoms with Crippen LogP contribution in [0.25, 0.3) is 0 Å². The van der Waals surface area contributed by atoms with Crippen LogP contribution in [-0.2, 0) is 4.79 Å². The molecule has 1 aliphatic rings. The quantitative estimate of drug-likeness (QED) is 0.780. The summed E-state index contributed by atoms with van der Waals surface area (Å²) in [4.78, 5) is 16.2. The first-order chi connectivity index (χ1) is 8.13. The summed E-state index contributed by atoms with van der Waals surface area (Å²) < 4.78 is 0. The van der Waals surface area contributed by atoms with Crippen molar-refractivity contribution >= 4 is 5.91 Å². The third kappa shape index (κ3) is 5.50. The van der Waals surface area contributed by atoms with Crippen molar-refractivity contribution in [3.8, 4) is 0 Å². The van der Waals surface area contributed by atoms with Crippen molar-refractivity contribution < 1.29 is 9.90 Å². The van der Waals surface area contributed by atoms with Gasteiger partial charge in [-0.25, -0.2) is 0 Å². The van der Waals surface area contributed by atoms with E-state index >= 15 is 0 Å². The summed E-state index contributed by atoms with van der Waals surface area (Å²) in [5.41, 5.74) is 0. The predicted octanol–water partition coefficient (Wildman–Crippen LogP) is 0.949. The van der Waals surface area contributed by atoms with Crippen LogP contribution in [0, 0.1) is 5.92 Å². The summed E-state index contributed by atoms with van der Waals surface area (Å²) in [5.74, 6) is 0.890. The number of aliphatic hydroxyl groups excluding tert-OH is 1. The van der Waals surface area contributed by atoms with Crippen LogP contribution in [0.15, 0.2) is 0 Å². The highest BCUT2D eigenvalue weighted by atomic mass is 16.3.